The first-order chi connectivity index (χ1) is 13.8. The van der Waals surface area contributed by atoms with Crippen LogP contribution in [0.5, 0.6) is 0 Å². The molecule has 2 amide bonds. The van der Waals surface area contributed by atoms with E-state index in [4.69, 9.17) is 23.2 Å². The van der Waals surface area contributed by atoms with Gasteiger partial charge in [-0.15, -0.1) is 0 Å². The molecule has 0 aromatic heterocycles. The molecule has 0 heterocycles. The lowest BCUT2D eigenvalue weighted by Crippen LogP contribution is -2.51. The van der Waals surface area contributed by atoms with Gasteiger partial charge in [0.25, 0.3) is 0 Å². The van der Waals surface area contributed by atoms with Crippen LogP contribution in [0.1, 0.15) is 44.7 Å². The Hall–Kier alpha value is -2.04. The van der Waals surface area contributed by atoms with Crippen molar-refractivity contribution in [2.24, 2.45) is 0 Å². The molecule has 29 heavy (non-hydrogen) atoms. The van der Waals surface area contributed by atoms with Gasteiger partial charge in [-0.05, 0) is 49.1 Å². The fraction of sp³-hybridized carbons (Fsp3) is 0.391. The van der Waals surface area contributed by atoms with E-state index < -0.39 is 6.04 Å². The molecule has 2 aromatic carbocycles. The molecule has 2 aromatic rings. The molecule has 0 bridgehead atoms. The second-order valence-corrected chi connectivity index (χ2v) is 8.00. The quantitative estimate of drug-likeness (QED) is 0.584. The van der Waals surface area contributed by atoms with Crippen LogP contribution in [0.2, 0.25) is 10.0 Å². The number of nitrogens with one attached hydrogen (secondary N) is 1. The van der Waals surface area contributed by atoms with Crippen molar-refractivity contribution in [3.63, 3.8) is 0 Å². The van der Waals surface area contributed by atoms with Crippen molar-refractivity contribution in [1.29, 1.82) is 0 Å². The van der Waals surface area contributed by atoms with E-state index in [1.54, 1.807) is 23.1 Å². The zero-order valence-corrected chi connectivity index (χ0v) is 18.6. The number of halogens is 2. The fourth-order valence-corrected chi connectivity index (χ4v) is 3.37. The van der Waals surface area contributed by atoms with Gasteiger partial charge in [0.15, 0.2) is 0 Å². The minimum absolute atomic E-state index is 0.0464. The average Bonchev–Trinajstić information content (AvgIpc) is 2.70. The van der Waals surface area contributed by atoms with Crippen molar-refractivity contribution in [3.8, 4) is 0 Å². The third-order valence-corrected chi connectivity index (χ3v) is 5.57. The van der Waals surface area contributed by atoms with Crippen molar-refractivity contribution in [3.05, 3.63) is 69.7 Å². The largest absolute Gasteiger partial charge is 0.352 e. The summed E-state index contributed by atoms with van der Waals surface area (Å²) in [4.78, 5) is 27.8. The summed E-state index contributed by atoms with van der Waals surface area (Å²) in [6.45, 7) is 6.16. The number of benzene rings is 2. The second kappa shape index (κ2) is 11.2. The zero-order chi connectivity index (χ0) is 21.4. The van der Waals surface area contributed by atoms with Crippen molar-refractivity contribution in [2.45, 2.75) is 58.7 Å². The van der Waals surface area contributed by atoms with Gasteiger partial charge in [0.1, 0.15) is 6.04 Å². The standard InChI is InChI=1S/C23H28Cl2N2O2/c1-4-16(3)26-23(29)21(5-2)27(15-18-8-6-7-9-20(18)25)22(28)14-17-10-12-19(24)13-11-17/h6-13,16,21H,4-5,14-15H2,1-3H3,(H,26,29)/t16-,21+/m0/s1. The van der Waals surface area contributed by atoms with Crippen LogP contribution in [0.15, 0.2) is 48.5 Å². The van der Waals surface area contributed by atoms with E-state index in [0.717, 1.165) is 17.5 Å². The van der Waals surface area contributed by atoms with E-state index in [0.29, 0.717) is 16.5 Å². The fourth-order valence-electron chi connectivity index (χ4n) is 3.05. The summed E-state index contributed by atoms with van der Waals surface area (Å²) in [5.74, 6) is -0.267. The highest BCUT2D eigenvalue weighted by Crippen LogP contribution is 2.21. The van der Waals surface area contributed by atoms with Gasteiger partial charge in [-0.25, -0.2) is 0 Å². The van der Waals surface area contributed by atoms with Crippen LogP contribution < -0.4 is 5.32 Å². The molecule has 0 saturated heterocycles. The summed E-state index contributed by atoms with van der Waals surface area (Å²) >= 11 is 12.3. The van der Waals surface area contributed by atoms with E-state index in [1.165, 1.54) is 0 Å². The van der Waals surface area contributed by atoms with Crippen LogP contribution in [0.3, 0.4) is 0 Å². The van der Waals surface area contributed by atoms with E-state index in [9.17, 15) is 9.59 Å². The third-order valence-electron chi connectivity index (χ3n) is 4.95. The Kier molecular flexibility index (Phi) is 8.99. The van der Waals surface area contributed by atoms with Gasteiger partial charge in [-0.1, -0.05) is 67.4 Å². The smallest absolute Gasteiger partial charge is 0.243 e. The number of rotatable bonds is 9. The van der Waals surface area contributed by atoms with Gasteiger partial charge in [-0.3, -0.25) is 9.59 Å². The summed E-state index contributed by atoms with van der Waals surface area (Å²) in [5.41, 5.74) is 1.66. The van der Waals surface area contributed by atoms with Gasteiger partial charge in [0.2, 0.25) is 11.8 Å². The molecule has 0 aliphatic heterocycles. The minimum Gasteiger partial charge on any atom is -0.352 e. The number of amides is 2. The van der Waals surface area contributed by atoms with Crippen LogP contribution in [-0.2, 0) is 22.6 Å². The SMILES string of the molecule is CC[C@H](C(=O)N[C@@H](C)CC)N(Cc1ccccc1Cl)C(=O)Cc1ccc(Cl)cc1. The lowest BCUT2D eigenvalue weighted by Gasteiger charge is -2.31. The third kappa shape index (κ3) is 6.76. The number of carbonyl (C=O) groups is 2. The Morgan fingerprint density at radius 3 is 2.24 bits per heavy atom. The molecule has 0 radical (unpaired) electrons. The van der Waals surface area contributed by atoms with E-state index in [-0.39, 0.29) is 30.8 Å². The number of hydrogen-bond acceptors (Lipinski definition) is 2. The van der Waals surface area contributed by atoms with Gasteiger partial charge >= 0.3 is 0 Å². The first kappa shape index (κ1) is 23.2. The van der Waals surface area contributed by atoms with Crippen molar-refractivity contribution < 1.29 is 9.59 Å². The first-order valence-electron chi connectivity index (χ1n) is 9.93. The Labute approximate surface area is 183 Å². The topological polar surface area (TPSA) is 49.4 Å². The van der Waals surface area contributed by atoms with Crippen LogP contribution in [0.4, 0.5) is 0 Å². The molecule has 6 heteroatoms. The molecule has 156 valence electrons. The molecule has 0 aliphatic carbocycles. The zero-order valence-electron chi connectivity index (χ0n) is 17.1. The summed E-state index contributed by atoms with van der Waals surface area (Å²) in [5, 5.41) is 4.20. The number of hydrogen-bond donors (Lipinski definition) is 1. The maximum atomic E-state index is 13.2. The highest BCUT2D eigenvalue weighted by atomic mass is 35.5. The molecule has 0 unspecified atom stereocenters. The van der Waals surface area contributed by atoms with Gasteiger partial charge < -0.3 is 10.2 Å². The Balaban J connectivity index is 2.30. The molecule has 2 rings (SSSR count). The lowest BCUT2D eigenvalue weighted by molar-refractivity contribution is -0.141. The monoisotopic (exact) mass is 434 g/mol. The summed E-state index contributed by atoms with van der Waals surface area (Å²) in [6, 6.07) is 14.0. The average molecular weight is 435 g/mol. The predicted molar refractivity (Wildman–Crippen MR) is 119 cm³/mol. The molecule has 0 fully saturated rings. The van der Waals surface area contributed by atoms with Crippen LogP contribution in [-0.4, -0.2) is 28.8 Å². The van der Waals surface area contributed by atoms with Crippen molar-refractivity contribution in [2.75, 3.05) is 0 Å². The molecule has 0 spiro atoms. The van der Waals surface area contributed by atoms with Crippen molar-refractivity contribution >= 4 is 35.0 Å². The molecule has 4 nitrogen and oxygen atoms in total. The second-order valence-electron chi connectivity index (χ2n) is 7.16. The van der Waals surface area contributed by atoms with Crippen LogP contribution in [0.25, 0.3) is 0 Å². The lowest BCUT2D eigenvalue weighted by atomic mass is 10.1. The molecular weight excluding hydrogens is 407 g/mol. The molecule has 0 aliphatic rings. The summed E-state index contributed by atoms with van der Waals surface area (Å²) in [7, 11) is 0. The highest BCUT2D eigenvalue weighted by Gasteiger charge is 2.29. The highest BCUT2D eigenvalue weighted by molar-refractivity contribution is 6.31. The molecule has 2 atom stereocenters. The van der Waals surface area contributed by atoms with Gasteiger partial charge in [0.05, 0.1) is 6.42 Å². The van der Waals surface area contributed by atoms with E-state index in [1.807, 2.05) is 51.1 Å². The van der Waals surface area contributed by atoms with Crippen LogP contribution in [0, 0.1) is 0 Å². The molecular formula is C23H28Cl2N2O2. The van der Waals surface area contributed by atoms with Gasteiger partial charge in [-0.2, -0.15) is 0 Å². The normalized spacial score (nSPS) is 12.9. The number of nitrogens with zero attached hydrogens (tertiary/aromatic N) is 1. The van der Waals surface area contributed by atoms with Gasteiger partial charge in [0, 0.05) is 22.6 Å². The maximum absolute atomic E-state index is 13.2. The van der Waals surface area contributed by atoms with Crippen LogP contribution >= 0.6 is 23.2 Å². The Morgan fingerprint density at radius 2 is 1.66 bits per heavy atom. The maximum Gasteiger partial charge on any atom is 0.243 e. The minimum atomic E-state index is -0.569. The summed E-state index contributed by atoms with van der Waals surface area (Å²) < 4.78 is 0. The number of carbonyl (C=O) groups excluding carboxylic acids is 2. The summed E-state index contributed by atoms with van der Waals surface area (Å²) in [6.07, 6.45) is 1.53. The van der Waals surface area contributed by atoms with E-state index in [2.05, 4.69) is 5.32 Å². The first-order valence-corrected chi connectivity index (χ1v) is 10.7. The predicted octanol–water partition coefficient (Wildman–Crippen LogP) is 5.26. The Bertz CT molecular complexity index is 824. The Morgan fingerprint density at radius 1 is 1.00 bits per heavy atom. The van der Waals surface area contributed by atoms with E-state index >= 15 is 0 Å². The van der Waals surface area contributed by atoms with Crippen molar-refractivity contribution in [1.82, 2.24) is 10.2 Å². The molecule has 1 N–H and O–H groups in total. The molecule has 0 saturated carbocycles.